The van der Waals surface area contributed by atoms with Gasteiger partial charge in [0.15, 0.2) is 0 Å². The topological polar surface area (TPSA) is 78.6 Å². The van der Waals surface area contributed by atoms with Crippen LogP contribution in [0.15, 0.2) is 18.2 Å². The number of hydrogen-bond acceptors (Lipinski definition) is 4. The van der Waals surface area contributed by atoms with Crippen LogP contribution in [0.25, 0.3) is 0 Å². The highest BCUT2D eigenvalue weighted by atomic mass is 35.5. The van der Waals surface area contributed by atoms with Crippen LogP contribution in [-0.4, -0.2) is 41.7 Å². The van der Waals surface area contributed by atoms with E-state index in [0.29, 0.717) is 16.4 Å². The van der Waals surface area contributed by atoms with E-state index in [1.165, 1.54) is 0 Å². The molecular formula is C14H20ClN3O2. The van der Waals surface area contributed by atoms with Gasteiger partial charge in [-0.25, -0.2) is 0 Å². The largest absolute Gasteiger partial charge is 0.397 e. The van der Waals surface area contributed by atoms with Gasteiger partial charge in [-0.1, -0.05) is 11.6 Å². The number of hydrogen-bond donors (Lipinski definition) is 3. The second-order valence-corrected chi connectivity index (χ2v) is 5.67. The zero-order valence-corrected chi connectivity index (χ0v) is 12.2. The van der Waals surface area contributed by atoms with Crippen molar-refractivity contribution in [2.24, 2.45) is 5.92 Å². The molecule has 2 atom stereocenters. The predicted molar refractivity (Wildman–Crippen MR) is 80.7 cm³/mol. The quantitative estimate of drug-likeness (QED) is 0.737. The van der Waals surface area contributed by atoms with Crippen LogP contribution in [0.4, 0.5) is 11.4 Å². The maximum atomic E-state index is 12.2. The molecule has 110 valence electrons. The van der Waals surface area contributed by atoms with Crippen LogP contribution in [0.3, 0.4) is 0 Å². The number of likely N-dealkylation sites (tertiary alicyclic amines) is 1. The fourth-order valence-electron chi connectivity index (χ4n) is 2.41. The molecule has 0 radical (unpaired) electrons. The van der Waals surface area contributed by atoms with Crippen molar-refractivity contribution in [2.75, 3.05) is 30.7 Å². The molecule has 1 heterocycles. The highest BCUT2D eigenvalue weighted by Crippen LogP contribution is 2.24. The van der Waals surface area contributed by atoms with E-state index >= 15 is 0 Å². The van der Waals surface area contributed by atoms with E-state index in [9.17, 15) is 4.79 Å². The smallest absolute Gasteiger partial charge is 0.241 e. The number of amides is 1. The summed E-state index contributed by atoms with van der Waals surface area (Å²) >= 11 is 5.83. The Kier molecular flexibility index (Phi) is 4.86. The first-order chi connectivity index (χ1) is 9.51. The summed E-state index contributed by atoms with van der Waals surface area (Å²) in [6.07, 6.45) is 0.928. The Labute approximate surface area is 123 Å². The molecule has 1 aromatic carbocycles. The molecular weight excluding hydrogens is 278 g/mol. The van der Waals surface area contributed by atoms with Gasteiger partial charge in [0, 0.05) is 18.2 Å². The highest BCUT2D eigenvalue weighted by Gasteiger charge is 2.29. The van der Waals surface area contributed by atoms with Crippen LogP contribution in [0.2, 0.25) is 5.02 Å². The van der Waals surface area contributed by atoms with E-state index in [1.807, 2.05) is 6.92 Å². The Morgan fingerprint density at radius 2 is 2.40 bits per heavy atom. The Hall–Kier alpha value is -1.30. The Bertz CT molecular complexity index is 495. The first-order valence-electron chi connectivity index (χ1n) is 6.72. The van der Waals surface area contributed by atoms with Crippen molar-refractivity contribution in [3.8, 4) is 0 Å². The molecule has 1 aliphatic rings. The lowest BCUT2D eigenvalue weighted by molar-refractivity contribution is -0.120. The van der Waals surface area contributed by atoms with E-state index in [-0.39, 0.29) is 24.5 Å². The molecule has 6 heteroatoms. The van der Waals surface area contributed by atoms with E-state index in [0.717, 1.165) is 19.5 Å². The molecule has 0 spiro atoms. The van der Waals surface area contributed by atoms with Crippen molar-refractivity contribution < 1.29 is 9.90 Å². The molecule has 20 heavy (non-hydrogen) atoms. The second kappa shape index (κ2) is 6.43. The van der Waals surface area contributed by atoms with Crippen molar-refractivity contribution in [1.82, 2.24) is 4.90 Å². The van der Waals surface area contributed by atoms with Gasteiger partial charge < -0.3 is 16.2 Å². The number of carbonyl (C=O) groups excluding carboxylic acids is 1. The third kappa shape index (κ3) is 3.42. The molecule has 0 bridgehead atoms. The van der Waals surface area contributed by atoms with Crippen LogP contribution in [0, 0.1) is 5.92 Å². The molecule has 1 fully saturated rings. The van der Waals surface area contributed by atoms with Gasteiger partial charge in [-0.3, -0.25) is 9.69 Å². The first-order valence-corrected chi connectivity index (χ1v) is 7.10. The molecule has 0 aliphatic carbocycles. The molecule has 0 aromatic heterocycles. The second-order valence-electron chi connectivity index (χ2n) is 5.23. The summed E-state index contributed by atoms with van der Waals surface area (Å²) < 4.78 is 0. The number of nitrogens with two attached hydrogens (primary N) is 1. The standard InChI is InChI=1S/C14H20ClN3O2/c1-9(18-5-4-10(7-18)8-19)14(20)17-13-3-2-11(15)6-12(13)16/h2-3,6,9-10,19H,4-5,7-8,16H2,1H3,(H,17,20). The molecule has 5 nitrogen and oxygen atoms in total. The SMILES string of the molecule is CC(C(=O)Nc1ccc(Cl)cc1N)N1CCC(CO)C1. The maximum absolute atomic E-state index is 12.2. The van der Waals surface area contributed by atoms with Crippen LogP contribution < -0.4 is 11.1 Å². The van der Waals surface area contributed by atoms with Gasteiger partial charge in [-0.2, -0.15) is 0 Å². The number of nitrogens with zero attached hydrogens (tertiary/aromatic N) is 1. The number of carbonyl (C=O) groups is 1. The number of nitrogen functional groups attached to an aromatic ring is 1. The van der Waals surface area contributed by atoms with Gasteiger partial charge in [0.2, 0.25) is 5.91 Å². The predicted octanol–water partition coefficient (Wildman–Crippen LogP) is 1.56. The Morgan fingerprint density at radius 1 is 1.65 bits per heavy atom. The fraction of sp³-hybridized carbons (Fsp3) is 0.500. The Morgan fingerprint density at radius 3 is 3.00 bits per heavy atom. The summed E-state index contributed by atoms with van der Waals surface area (Å²) in [5, 5.41) is 12.5. The lowest BCUT2D eigenvalue weighted by Gasteiger charge is -2.23. The van der Waals surface area contributed by atoms with Crippen molar-refractivity contribution in [1.29, 1.82) is 0 Å². The minimum Gasteiger partial charge on any atom is -0.397 e. The highest BCUT2D eigenvalue weighted by molar-refractivity contribution is 6.31. The van der Waals surface area contributed by atoms with Crippen LogP contribution in [-0.2, 0) is 4.79 Å². The average Bonchev–Trinajstić information content (AvgIpc) is 2.89. The Balaban J connectivity index is 1.97. The van der Waals surface area contributed by atoms with Crippen molar-refractivity contribution in [3.63, 3.8) is 0 Å². The van der Waals surface area contributed by atoms with Gasteiger partial charge in [-0.15, -0.1) is 0 Å². The summed E-state index contributed by atoms with van der Waals surface area (Å²) in [6, 6.07) is 4.75. The number of nitrogens with one attached hydrogen (secondary N) is 1. The van der Waals surface area contributed by atoms with Crippen LogP contribution in [0.1, 0.15) is 13.3 Å². The zero-order valence-electron chi connectivity index (χ0n) is 11.5. The van der Waals surface area contributed by atoms with E-state index in [1.54, 1.807) is 18.2 Å². The van der Waals surface area contributed by atoms with Gasteiger partial charge in [0.25, 0.3) is 0 Å². The number of anilines is 2. The average molecular weight is 298 g/mol. The van der Waals surface area contributed by atoms with Crippen molar-refractivity contribution in [3.05, 3.63) is 23.2 Å². The zero-order chi connectivity index (χ0) is 14.7. The fourth-order valence-corrected chi connectivity index (χ4v) is 2.59. The number of aliphatic hydroxyl groups is 1. The number of rotatable bonds is 4. The molecule has 1 saturated heterocycles. The molecule has 1 amide bonds. The molecule has 2 rings (SSSR count). The normalized spacial score (nSPS) is 20.9. The maximum Gasteiger partial charge on any atom is 0.241 e. The van der Waals surface area contributed by atoms with Gasteiger partial charge in [0.1, 0.15) is 0 Å². The summed E-state index contributed by atoms with van der Waals surface area (Å²) in [6.45, 7) is 3.62. The first kappa shape index (κ1) is 15.1. The summed E-state index contributed by atoms with van der Waals surface area (Å²) in [7, 11) is 0. The van der Waals surface area contributed by atoms with E-state index < -0.39 is 0 Å². The minimum absolute atomic E-state index is 0.0994. The lowest BCUT2D eigenvalue weighted by atomic mass is 10.1. The van der Waals surface area contributed by atoms with Gasteiger partial charge in [-0.05, 0) is 44.0 Å². The monoisotopic (exact) mass is 297 g/mol. The number of aliphatic hydroxyl groups excluding tert-OH is 1. The number of halogens is 1. The molecule has 0 saturated carbocycles. The van der Waals surface area contributed by atoms with Gasteiger partial charge in [0.05, 0.1) is 17.4 Å². The molecule has 2 unspecified atom stereocenters. The van der Waals surface area contributed by atoms with E-state index in [2.05, 4.69) is 10.2 Å². The lowest BCUT2D eigenvalue weighted by Crippen LogP contribution is -2.41. The van der Waals surface area contributed by atoms with Crippen molar-refractivity contribution >= 4 is 28.9 Å². The number of benzene rings is 1. The summed E-state index contributed by atoms with van der Waals surface area (Å²) in [4.78, 5) is 14.3. The van der Waals surface area contributed by atoms with Crippen LogP contribution >= 0.6 is 11.6 Å². The minimum atomic E-state index is -0.248. The van der Waals surface area contributed by atoms with Gasteiger partial charge >= 0.3 is 0 Å². The van der Waals surface area contributed by atoms with Crippen LogP contribution in [0.5, 0.6) is 0 Å². The van der Waals surface area contributed by atoms with E-state index in [4.69, 9.17) is 22.4 Å². The molecule has 1 aliphatic heterocycles. The summed E-state index contributed by atoms with van der Waals surface area (Å²) in [5.74, 6) is 0.170. The molecule has 4 N–H and O–H groups in total. The molecule has 1 aromatic rings. The summed E-state index contributed by atoms with van der Waals surface area (Å²) in [5.41, 5.74) is 6.85. The van der Waals surface area contributed by atoms with Crippen molar-refractivity contribution in [2.45, 2.75) is 19.4 Å². The third-order valence-electron chi connectivity index (χ3n) is 3.77. The third-order valence-corrected chi connectivity index (χ3v) is 4.01.